The van der Waals surface area contributed by atoms with E-state index in [1.807, 2.05) is 0 Å². The number of nitrogens with one attached hydrogen (secondary N) is 1. The Kier molecular flexibility index (Phi) is 5.51. The molecule has 4 rings (SSSR count). The third kappa shape index (κ3) is 4.31. The summed E-state index contributed by atoms with van der Waals surface area (Å²) in [6, 6.07) is 16.3. The first-order chi connectivity index (χ1) is 14.9. The molecule has 3 aromatic rings. The third-order valence-corrected chi connectivity index (χ3v) is 6.30. The van der Waals surface area contributed by atoms with Crippen molar-refractivity contribution in [1.29, 1.82) is 0 Å². The number of sulfonamides is 1. The molecule has 0 bridgehead atoms. The third-order valence-electron chi connectivity index (χ3n) is 5.00. The second-order valence-corrected chi connectivity index (χ2v) is 9.05. The number of anilines is 1. The van der Waals surface area contributed by atoms with Gasteiger partial charge in [0, 0.05) is 17.7 Å². The van der Waals surface area contributed by atoms with Crippen LogP contribution in [0.4, 0.5) is 5.69 Å². The molecule has 2 N–H and O–H groups in total. The van der Waals surface area contributed by atoms with E-state index in [9.17, 15) is 18.3 Å². The molecule has 1 amide bonds. The van der Waals surface area contributed by atoms with Crippen LogP contribution in [0.15, 0.2) is 76.4 Å². The number of benzene rings is 2. The molecule has 0 aliphatic carbocycles. The average molecular weight is 439 g/mol. The number of hydrogen-bond acceptors (Lipinski definition) is 6. The van der Waals surface area contributed by atoms with E-state index in [-0.39, 0.29) is 17.3 Å². The summed E-state index contributed by atoms with van der Waals surface area (Å²) in [4.78, 5) is 13.0. The highest BCUT2D eigenvalue weighted by atomic mass is 32.2. The average Bonchev–Trinajstić information content (AvgIpc) is 3.44. The van der Waals surface area contributed by atoms with Crippen LogP contribution in [0, 0.1) is 0 Å². The molecular weight excluding hydrogens is 418 g/mol. The molecular formula is C22H21N3O5S. The van der Waals surface area contributed by atoms with Gasteiger partial charge in [-0.15, -0.1) is 0 Å². The highest BCUT2D eigenvalue weighted by Gasteiger charge is 2.36. The number of carbonyl (C=O) groups excluding carboxylic acids is 1. The molecule has 2 heterocycles. The van der Waals surface area contributed by atoms with Crippen molar-refractivity contribution in [1.82, 2.24) is 5.01 Å². The zero-order valence-corrected chi connectivity index (χ0v) is 17.5. The first-order valence-electron chi connectivity index (χ1n) is 9.71. The van der Waals surface area contributed by atoms with Crippen molar-refractivity contribution in [2.75, 3.05) is 10.5 Å². The summed E-state index contributed by atoms with van der Waals surface area (Å²) in [6.45, 7) is 1.56. The van der Waals surface area contributed by atoms with Gasteiger partial charge in [-0.05, 0) is 42.8 Å². The summed E-state index contributed by atoms with van der Waals surface area (Å²) in [5.41, 5.74) is 2.23. The largest absolute Gasteiger partial charge is 0.508 e. The number of phenols is 1. The van der Waals surface area contributed by atoms with Crippen molar-refractivity contribution >= 4 is 27.3 Å². The molecule has 0 fully saturated rings. The zero-order valence-electron chi connectivity index (χ0n) is 16.7. The second kappa shape index (κ2) is 8.27. The Labute approximate surface area is 179 Å². The van der Waals surface area contributed by atoms with Crippen LogP contribution in [0.5, 0.6) is 5.75 Å². The predicted molar refractivity (Wildman–Crippen MR) is 116 cm³/mol. The number of carbonyl (C=O) groups is 1. The normalized spacial score (nSPS) is 16.2. The maximum Gasteiger partial charge on any atom is 0.310 e. The number of phenolic OH excluding ortho intramolecular Hbond substituents is 1. The molecule has 2 aromatic carbocycles. The molecule has 0 saturated carbocycles. The summed E-state index contributed by atoms with van der Waals surface area (Å²) in [6.07, 6.45) is 1.75. The molecule has 1 aromatic heterocycles. The molecule has 160 valence electrons. The van der Waals surface area contributed by atoms with Crippen LogP contribution in [0.1, 0.15) is 41.1 Å². The monoisotopic (exact) mass is 439 g/mol. The van der Waals surface area contributed by atoms with Crippen LogP contribution >= 0.6 is 0 Å². The summed E-state index contributed by atoms with van der Waals surface area (Å²) < 4.78 is 31.6. The van der Waals surface area contributed by atoms with Crippen LogP contribution in [-0.2, 0) is 10.0 Å². The van der Waals surface area contributed by atoms with Crippen molar-refractivity contribution in [3.8, 4) is 5.75 Å². The number of nitrogens with zero attached hydrogens (tertiary/aromatic N) is 2. The highest BCUT2D eigenvalue weighted by molar-refractivity contribution is 7.92. The minimum absolute atomic E-state index is 0.0427. The van der Waals surface area contributed by atoms with Gasteiger partial charge < -0.3 is 9.52 Å². The second-order valence-electron chi connectivity index (χ2n) is 7.04. The maximum atomic E-state index is 13.0. The summed E-state index contributed by atoms with van der Waals surface area (Å²) in [5, 5.41) is 16.2. The number of rotatable bonds is 6. The van der Waals surface area contributed by atoms with Gasteiger partial charge in [0.25, 0.3) is 0 Å². The number of amides is 1. The van der Waals surface area contributed by atoms with Crippen molar-refractivity contribution in [2.24, 2.45) is 5.10 Å². The molecule has 0 radical (unpaired) electrons. The van der Waals surface area contributed by atoms with Gasteiger partial charge in [-0.3, -0.25) is 9.52 Å². The molecule has 1 atom stereocenters. The van der Waals surface area contributed by atoms with E-state index in [2.05, 4.69) is 9.82 Å². The molecule has 0 spiro atoms. The Morgan fingerprint density at radius 1 is 1.19 bits per heavy atom. The van der Waals surface area contributed by atoms with Gasteiger partial charge in [-0.25, -0.2) is 13.4 Å². The van der Waals surface area contributed by atoms with E-state index in [1.54, 1.807) is 67.6 Å². The number of hydrazone groups is 1. The van der Waals surface area contributed by atoms with Crippen molar-refractivity contribution in [3.05, 3.63) is 83.8 Å². The fraction of sp³-hybridized carbons (Fsp3) is 0.182. The molecule has 0 saturated heterocycles. The number of furan rings is 1. The van der Waals surface area contributed by atoms with Crippen molar-refractivity contribution < 1.29 is 22.7 Å². The topological polar surface area (TPSA) is 112 Å². The van der Waals surface area contributed by atoms with Gasteiger partial charge in [0.2, 0.25) is 10.0 Å². The summed E-state index contributed by atoms with van der Waals surface area (Å²) in [7, 11) is -3.43. The molecule has 8 nitrogen and oxygen atoms in total. The first kappa shape index (κ1) is 20.7. The van der Waals surface area contributed by atoms with E-state index >= 15 is 0 Å². The lowest BCUT2D eigenvalue weighted by Crippen LogP contribution is -2.26. The van der Waals surface area contributed by atoms with Gasteiger partial charge in [0.1, 0.15) is 5.75 Å². The Morgan fingerprint density at radius 2 is 2.00 bits per heavy atom. The van der Waals surface area contributed by atoms with Gasteiger partial charge in [0.15, 0.2) is 5.76 Å². The minimum Gasteiger partial charge on any atom is -0.508 e. The molecule has 0 unspecified atom stereocenters. The van der Waals surface area contributed by atoms with Gasteiger partial charge in [0.05, 0.1) is 23.8 Å². The first-order valence-corrected chi connectivity index (χ1v) is 11.4. The number of hydrogen-bond donors (Lipinski definition) is 2. The fourth-order valence-electron chi connectivity index (χ4n) is 3.41. The lowest BCUT2D eigenvalue weighted by molar-refractivity contribution is 0.0677. The van der Waals surface area contributed by atoms with E-state index in [0.29, 0.717) is 28.9 Å². The van der Waals surface area contributed by atoms with E-state index < -0.39 is 22.0 Å². The highest BCUT2D eigenvalue weighted by Crippen LogP contribution is 2.38. The minimum atomic E-state index is -3.43. The van der Waals surface area contributed by atoms with Crippen molar-refractivity contribution in [3.63, 3.8) is 0 Å². The Hall–Kier alpha value is -3.59. The predicted octanol–water partition coefficient (Wildman–Crippen LogP) is 3.74. The van der Waals surface area contributed by atoms with Gasteiger partial charge in [-0.2, -0.15) is 5.10 Å². The molecule has 1 aliphatic heterocycles. The quantitative estimate of drug-likeness (QED) is 0.608. The van der Waals surface area contributed by atoms with E-state index in [1.165, 1.54) is 11.3 Å². The summed E-state index contributed by atoms with van der Waals surface area (Å²) >= 11 is 0. The van der Waals surface area contributed by atoms with Gasteiger partial charge in [-0.1, -0.05) is 30.3 Å². The number of aromatic hydroxyl groups is 1. The Morgan fingerprint density at radius 3 is 2.71 bits per heavy atom. The number of para-hydroxylation sites is 1. The van der Waals surface area contributed by atoms with Crippen LogP contribution < -0.4 is 4.72 Å². The maximum absolute atomic E-state index is 13.0. The van der Waals surface area contributed by atoms with Crippen molar-refractivity contribution in [2.45, 2.75) is 19.4 Å². The van der Waals surface area contributed by atoms with Crippen LogP contribution in [0.3, 0.4) is 0 Å². The van der Waals surface area contributed by atoms with Crippen LogP contribution in [0.2, 0.25) is 0 Å². The zero-order chi connectivity index (χ0) is 22.0. The summed E-state index contributed by atoms with van der Waals surface area (Å²) in [5.74, 6) is -0.282. The van der Waals surface area contributed by atoms with Gasteiger partial charge >= 0.3 is 5.91 Å². The lowest BCUT2D eigenvalue weighted by Gasteiger charge is -2.21. The van der Waals surface area contributed by atoms with E-state index in [0.717, 1.165) is 0 Å². The molecule has 1 aliphatic rings. The van der Waals surface area contributed by atoms with Crippen LogP contribution in [0.25, 0.3) is 0 Å². The Bertz CT molecular complexity index is 1240. The standard InChI is InChI=1S/C22H21N3O5S/c1-2-31(28,29)24-16-8-5-7-15(13-16)18-14-19(17-9-3-4-10-20(17)26)25(23-18)22(27)21-11-6-12-30-21/h3-13,19,24,26H,2,14H2,1H3/t19-/m1/s1. The molecule has 31 heavy (non-hydrogen) atoms. The SMILES string of the molecule is CCS(=O)(=O)Nc1cccc(C2=NN(C(=O)c3ccco3)[C@@H](c3ccccc3O)C2)c1. The smallest absolute Gasteiger partial charge is 0.310 e. The van der Waals surface area contributed by atoms with Crippen LogP contribution in [-0.4, -0.2) is 35.9 Å². The Balaban J connectivity index is 1.71. The molecule has 9 heteroatoms. The lowest BCUT2D eigenvalue weighted by atomic mass is 9.97. The van der Waals surface area contributed by atoms with E-state index in [4.69, 9.17) is 4.42 Å². The fourth-order valence-corrected chi connectivity index (χ4v) is 4.04.